The van der Waals surface area contributed by atoms with Crippen LogP contribution in [0, 0.1) is 23.0 Å². The van der Waals surface area contributed by atoms with Gasteiger partial charge in [-0.2, -0.15) is 5.26 Å². The molecule has 1 nitrogen and oxygen atoms in total. The Morgan fingerprint density at radius 3 is 2.42 bits per heavy atom. The topological polar surface area (TPSA) is 23.8 Å². The van der Waals surface area contributed by atoms with E-state index in [0.717, 1.165) is 29.5 Å². The van der Waals surface area contributed by atoms with Crippen molar-refractivity contribution in [3.63, 3.8) is 0 Å². The number of hydrogen-bond acceptors (Lipinski definition) is 1. The number of rotatable bonds is 7. The number of allylic oxidation sites excluding steroid dienone is 1. The highest BCUT2D eigenvalue weighted by molar-refractivity contribution is 5.72. The van der Waals surface area contributed by atoms with E-state index >= 15 is 0 Å². The van der Waals surface area contributed by atoms with Crippen LogP contribution >= 0.6 is 0 Å². The summed E-state index contributed by atoms with van der Waals surface area (Å²) < 4.78 is 28.6. The van der Waals surface area contributed by atoms with Gasteiger partial charge in [-0.3, -0.25) is 0 Å². The van der Waals surface area contributed by atoms with Crippen LogP contribution in [0.2, 0.25) is 0 Å². The fourth-order valence-corrected chi connectivity index (χ4v) is 4.16. The van der Waals surface area contributed by atoms with Gasteiger partial charge < -0.3 is 0 Å². The fraction of sp³-hybridized carbons (Fsp3) is 0.250. The van der Waals surface area contributed by atoms with Gasteiger partial charge in [0.25, 0.3) is 0 Å². The van der Waals surface area contributed by atoms with E-state index in [1.807, 2.05) is 18.2 Å². The van der Waals surface area contributed by atoms with Crippen LogP contribution in [0.4, 0.5) is 8.78 Å². The maximum atomic E-state index is 14.8. The van der Waals surface area contributed by atoms with Gasteiger partial charge >= 0.3 is 0 Å². The summed E-state index contributed by atoms with van der Waals surface area (Å²) in [6.07, 6.45) is 7.87. The number of aryl methyl sites for hydroxylation is 2. The Kier molecular flexibility index (Phi) is 6.28. The second-order valence-electron chi connectivity index (χ2n) is 8.23. The van der Waals surface area contributed by atoms with Gasteiger partial charge in [0, 0.05) is 0 Å². The van der Waals surface area contributed by atoms with Crippen molar-refractivity contribution in [2.75, 3.05) is 0 Å². The van der Waals surface area contributed by atoms with Gasteiger partial charge in [0.2, 0.25) is 0 Å². The number of fused-ring (bicyclic) bond motifs is 1. The molecule has 0 unspecified atom stereocenters. The third kappa shape index (κ3) is 4.75. The van der Waals surface area contributed by atoms with Gasteiger partial charge in [-0.1, -0.05) is 55.3 Å². The van der Waals surface area contributed by atoms with Crippen molar-refractivity contribution >= 4 is 6.08 Å². The van der Waals surface area contributed by atoms with E-state index in [2.05, 4.69) is 31.2 Å². The maximum Gasteiger partial charge on any atom is 0.141 e. The van der Waals surface area contributed by atoms with Crippen LogP contribution in [0.25, 0.3) is 17.2 Å². The van der Waals surface area contributed by atoms with Crippen molar-refractivity contribution in [3.8, 4) is 17.2 Å². The average Bonchev–Trinajstić information content (AvgIpc) is 3.19. The first kappa shape index (κ1) is 21.0. The molecule has 1 aliphatic rings. The summed E-state index contributed by atoms with van der Waals surface area (Å²) >= 11 is 0. The second kappa shape index (κ2) is 9.27. The smallest absolute Gasteiger partial charge is 0.141 e. The predicted molar refractivity (Wildman–Crippen MR) is 122 cm³/mol. The molecule has 1 aliphatic carbocycles. The lowest BCUT2D eigenvalue weighted by Gasteiger charge is -2.09. The van der Waals surface area contributed by atoms with E-state index in [1.165, 1.54) is 41.7 Å². The zero-order valence-corrected chi connectivity index (χ0v) is 17.7. The minimum Gasteiger partial charge on any atom is -0.207 e. The number of hydrogen-bond donors (Lipinski definition) is 0. The lowest BCUT2D eigenvalue weighted by molar-refractivity contribution is 0.607. The minimum absolute atomic E-state index is 0.0287. The third-order valence-corrected chi connectivity index (χ3v) is 6.00. The third-order valence-electron chi connectivity index (χ3n) is 6.00. The van der Waals surface area contributed by atoms with Crippen LogP contribution in [0.5, 0.6) is 0 Å². The van der Waals surface area contributed by atoms with Crippen LogP contribution in [0.15, 0.2) is 60.2 Å². The molecule has 3 aromatic rings. The summed E-state index contributed by atoms with van der Waals surface area (Å²) in [7, 11) is 0. The fourth-order valence-electron chi connectivity index (χ4n) is 4.16. The monoisotopic (exact) mass is 413 g/mol. The van der Waals surface area contributed by atoms with E-state index in [0.29, 0.717) is 18.4 Å². The number of nitrogens with zero attached hydrogens (tertiary/aromatic N) is 1. The first-order valence-corrected chi connectivity index (χ1v) is 10.9. The molecule has 0 aliphatic heterocycles. The summed E-state index contributed by atoms with van der Waals surface area (Å²) in [6.45, 7) is 2.21. The normalized spacial score (nSPS) is 12.4. The molecule has 0 amide bonds. The van der Waals surface area contributed by atoms with Crippen molar-refractivity contribution in [2.24, 2.45) is 0 Å². The molecule has 31 heavy (non-hydrogen) atoms. The largest absolute Gasteiger partial charge is 0.207 e. The van der Waals surface area contributed by atoms with Crippen molar-refractivity contribution in [3.05, 3.63) is 99.6 Å². The number of benzene rings is 3. The Hall–Kier alpha value is -3.25. The van der Waals surface area contributed by atoms with Crippen LogP contribution in [0.1, 0.15) is 54.0 Å². The Morgan fingerprint density at radius 1 is 0.871 bits per heavy atom. The summed E-state index contributed by atoms with van der Waals surface area (Å²) in [5.41, 5.74) is 7.35. The Balaban J connectivity index is 1.48. The predicted octanol–water partition coefficient (Wildman–Crippen LogP) is 7.42. The Labute approximate surface area is 182 Å². The van der Waals surface area contributed by atoms with Gasteiger partial charge in [-0.25, -0.2) is 8.78 Å². The number of nitriles is 1. The highest BCUT2D eigenvalue weighted by Crippen LogP contribution is 2.32. The first-order valence-electron chi connectivity index (χ1n) is 10.9. The van der Waals surface area contributed by atoms with Crippen LogP contribution in [-0.4, -0.2) is 0 Å². The standard InChI is InChI=1S/C28H25F2N/c1-2-3-4-20-13-22-11-12-23(16-26(22)14-20)24-10-9-21(28(30)17-24)7-5-19-6-8-25(18-31)27(29)15-19/h6,8-12,14-17H,2-5,7,13H2,1H3. The lowest BCUT2D eigenvalue weighted by atomic mass is 9.97. The Bertz CT molecular complexity index is 1180. The van der Waals surface area contributed by atoms with Gasteiger partial charge in [-0.15, -0.1) is 0 Å². The van der Waals surface area contributed by atoms with Crippen LogP contribution < -0.4 is 0 Å². The number of unbranched alkanes of at least 4 members (excludes halogenated alkanes) is 1. The van der Waals surface area contributed by atoms with Gasteiger partial charge in [-0.05, 0) is 89.8 Å². The average molecular weight is 414 g/mol. The van der Waals surface area contributed by atoms with Crippen LogP contribution in [0.3, 0.4) is 0 Å². The van der Waals surface area contributed by atoms with Crippen molar-refractivity contribution < 1.29 is 8.78 Å². The molecular formula is C28H25F2N. The number of halogens is 2. The highest BCUT2D eigenvalue weighted by Gasteiger charge is 2.14. The molecule has 4 rings (SSSR count). The molecule has 0 saturated heterocycles. The molecule has 0 heterocycles. The molecule has 0 bridgehead atoms. The molecule has 0 fully saturated rings. The minimum atomic E-state index is -0.528. The summed E-state index contributed by atoms with van der Waals surface area (Å²) in [4.78, 5) is 0. The molecule has 0 saturated carbocycles. The molecule has 3 aromatic carbocycles. The highest BCUT2D eigenvalue weighted by atomic mass is 19.1. The van der Waals surface area contributed by atoms with Crippen LogP contribution in [-0.2, 0) is 19.3 Å². The molecule has 3 heteroatoms. The summed E-state index contributed by atoms with van der Waals surface area (Å²) in [5, 5.41) is 8.83. The van der Waals surface area contributed by atoms with E-state index in [-0.39, 0.29) is 11.4 Å². The van der Waals surface area contributed by atoms with Crippen molar-refractivity contribution in [2.45, 2.75) is 45.4 Å². The zero-order chi connectivity index (χ0) is 21.8. The molecule has 156 valence electrons. The SMILES string of the molecule is CCCCC1=Cc2cc(-c3ccc(CCc4ccc(C#N)c(F)c4)c(F)c3)ccc2C1. The summed E-state index contributed by atoms with van der Waals surface area (Å²) in [6, 6.07) is 18.1. The zero-order valence-electron chi connectivity index (χ0n) is 17.7. The molecule has 0 aromatic heterocycles. The lowest BCUT2D eigenvalue weighted by Crippen LogP contribution is -1.97. The second-order valence-corrected chi connectivity index (χ2v) is 8.23. The van der Waals surface area contributed by atoms with Gasteiger partial charge in [0.1, 0.15) is 17.7 Å². The Morgan fingerprint density at radius 2 is 1.68 bits per heavy atom. The maximum absolute atomic E-state index is 14.8. The van der Waals surface area contributed by atoms with E-state index in [9.17, 15) is 8.78 Å². The van der Waals surface area contributed by atoms with E-state index in [1.54, 1.807) is 12.1 Å². The first-order chi connectivity index (χ1) is 15.1. The van der Waals surface area contributed by atoms with Crippen molar-refractivity contribution in [1.29, 1.82) is 5.26 Å². The summed E-state index contributed by atoms with van der Waals surface area (Å²) in [5.74, 6) is -0.773. The van der Waals surface area contributed by atoms with Gasteiger partial charge in [0.05, 0.1) is 5.56 Å². The molecular weight excluding hydrogens is 388 g/mol. The molecule has 0 atom stereocenters. The molecule has 0 radical (unpaired) electrons. The van der Waals surface area contributed by atoms with E-state index in [4.69, 9.17) is 5.26 Å². The van der Waals surface area contributed by atoms with Gasteiger partial charge in [0.15, 0.2) is 0 Å². The van der Waals surface area contributed by atoms with Crippen molar-refractivity contribution in [1.82, 2.24) is 0 Å². The quantitative estimate of drug-likeness (QED) is 0.395. The van der Waals surface area contributed by atoms with E-state index < -0.39 is 5.82 Å². The molecule has 0 N–H and O–H groups in total. The molecule has 0 spiro atoms.